The zero-order chi connectivity index (χ0) is 82.8. The molecule has 3 fully saturated rings. The number of hydrogen-bond acceptors (Lipinski definition) is 6. The van der Waals surface area contributed by atoms with Crippen LogP contribution in [0.25, 0.3) is 109 Å². The van der Waals surface area contributed by atoms with Crippen LogP contribution in [0.5, 0.6) is 0 Å². The first-order valence-electron chi connectivity index (χ1n) is 42.2. The lowest BCUT2D eigenvalue weighted by Gasteiger charge is -2.33. The van der Waals surface area contributed by atoms with Crippen LogP contribution in [-0.4, -0.2) is 63.9 Å². The largest absolute Gasteiger partial charge is 0.494 e. The molecule has 0 amide bonds. The number of nitrogens with zero attached hydrogens (tertiary/aromatic N) is 2. The van der Waals surface area contributed by atoms with Crippen LogP contribution < -0.4 is 5.46 Å². The van der Waals surface area contributed by atoms with Crippen molar-refractivity contribution in [3.8, 4) is 16.8 Å². The summed E-state index contributed by atoms with van der Waals surface area (Å²) in [4.78, 5) is 0. The van der Waals surface area contributed by atoms with E-state index in [-0.39, 0.29) is 28.3 Å². The highest BCUT2D eigenvalue weighted by molar-refractivity contribution is 9.10. The number of benzene rings is 15. The molecule has 5 heterocycles. The topological polar surface area (TPSA) is 65.2 Å². The van der Waals surface area contributed by atoms with Crippen molar-refractivity contribution in [2.75, 3.05) is 0 Å². The summed E-state index contributed by atoms with van der Waals surface area (Å²) < 4.78 is 43.0. The van der Waals surface area contributed by atoms with Crippen LogP contribution in [0.1, 0.15) is 135 Å². The zero-order valence-electron chi connectivity index (χ0n) is 70.6. The van der Waals surface area contributed by atoms with Crippen LogP contribution >= 0.6 is 15.9 Å². The van der Waals surface area contributed by atoms with Gasteiger partial charge in [-0.3, -0.25) is 0 Å². The predicted octanol–water partition coefficient (Wildman–Crippen LogP) is 26.7. The third-order valence-electron chi connectivity index (χ3n) is 27.1. The van der Waals surface area contributed by atoms with Gasteiger partial charge in [-0.15, -0.1) is 0 Å². The summed E-state index contributed by atoms with van der Waals surface area (Å²) in [5, 5.41) is 15.2. The monoisotopic (exact) mass is 1630 g/mol. The molecule has 0 N–H and O–H groups in total. The summed E-state index contributed by atoms with van der Waals surface area (Å²) in [6.45, 7) is 26.9. The normalized spacial score (nSPS) is 18.4. The van der Waals surface area contributed by atoms with E-state index in [1.807, 2.05) is 91.8 Å². The quantitative estimate of drug-likeness (QED) is 0.112. The fraction of sp³-hybridized carbons (Fsp3) is 0.204. The minimum absolute atomic E-state index is 0.249. The van der Waals surface area contributed by atoms with E-state index < -0.39 is 37.8 Å². The van der Waals surface area contributed by atoms with Gasteiger partial charge in [0.05, 0.1) is 61.1 Å². The minimum atomic E-state index is -0.476. The van der Waals surface area contributed by atoms with Gasteiger partial charge < -0.3 is 37.1 Å². The summed E-state index contributed by atoms with van der Waals surface area (Å²) in [7, 11) is -1.39. The highest BCUT2D eigenvalue weighted by atomic mass is 79.9. The molecule has 3 saturated heterocycles. The Hall–Kier alpha value is -11.1. The van der Waals surface area contributed by atoms with E-state index in [1.54, 1.807) is 0 Å². The first kappa shape index (κ1) is 78.7. The molecule has 1 unspecified atom stereocenters. The van der Waals surface area contributed by atoms with Gasteiger partial charge in [0.15, 0.2) is 0 Å². The van der Waals surface area contributed by atoms with Crippen molar-refractivity contribution < 1.29 is 27.9 Å². The Morgan fingerprint density at radius 1 is 0.367 bits per heavy atom. The second kappa shape index (κ2) is 30.2. The summed E-state index contributed by atoms with van der Waals surface area (Å²) in [5.41, 5.74) is 18.9. The van der Waals surface area contributed by atoms with Gasteiger partial charge in [0.25, 0.3) is 0 Å². The summed E-state index contributed by atoms with van der Waals surface area (Å²) in [5.74, 6) is 0.249. The van der Waals surface area contributed by atoms with Gasteiger partial charge in [0, 0.05) is 54.1 Å². The van der Waals surface area contributed by atoms with Crippen molar-refractivity contribution in [1.82, 2.24) is 9.13 Å². The SMILES string of the molecule is Brc1ccc2c3c4ccccc4c4ccccc4c3n(-c3ccc4c(c3)-c3ccccc3C4(c3ccccc3)c3ccccc3)c2c1.C/C(=C\C=C1/Cc2ccccc2C1c1ccccc1)n1c2cc(B3OC(C)(C)C(C)(C)O3)ccc2c2c3ccccc3c3ccccc3c21.CC1(C)OB(B2OC(C)(C)C(C)(C)O2)OC1(C)C.c1ccccc1. The molecule has 0 spiro atoms. The van der Waals surface area contributed by atoms with E-state index in [0.29, 0.717) is 0 Å². The Kier molecular flexibility index (Phi) is 19.8. The molecular formula is C108H98B3BrN2O6. The molecular weight excluding hydrogens is 1530 g/mol. The molecule has 120 heavy (non-hydrogen) atoms. The number of aromatic nitrogens is 2. The molecule has 15 aromatic carbocycles. The number of rotatable bonds is 8. The smallest absolute Gasteiger partial charge is 0.405 e. The van der Waals surface area contributed by atoms with Crippen LogP contribution in [0.4, 0.5) is 0 Å². The van der Waals surface area contributed by atoms with Crippen molar-refractivity contribution >= 4 is 135 Å². The van der Waals surface area contributed by atoms with Crippen LogP contribution in [-0.2, 0) is 39.8 Å². The third kappa shape index (κ3) is 13.1. The van der Waals surface area contributed by atoms with Gasteiger partial charge in [-0.25, -0.2) is 0 Å². The Bertz CT molecular complexity index is 6760. The van der Waals surface area contributed by atoms with E-state index in [4.69, 9.17) is 27.9 Å². The molecule has 0 saturated carbocycles. The average molecular weight is 1630 g/mol. The van der Waals surface area contributed by atoms with Crippen LogP contribution in [0.2, 0.25) is 0 Å². The number of halogens is 1. The van der Waals surface area contributed by atoms with Crippen LogP contribution in [0, 0.1) is 0 Å². The molecule has 0 radical (unpaired) electrons. The lowest BCUT2D eigenvalue weighted by atomic mass is 9.49. The minimum Gasteiger partial charge on any atom is -0.405 e. The standard InChI is InChI=1S/C45H40BNO2.C45H28BrN.C12H24B2O4.C6H6/c1-29(23-24-32-27-31-17-9-10-18-34(31)41(32)30-15-7-6-8-16-30)47-40-28-33(46-48-44(2,3)45(4,5)49-46)25-26-39(40)42-37-21-13-11-19-35(37)36-20-12-14-22-38(36)43(42)47;46-31-23-25-38-42(27-31)47(44-37-21-10-8-18-34(37)33-17-7-9-20-36(33)43(38)44)32-24-26-41-39(28-32)35-19-11-12-22-40(35)45(41,29-13-3-1-4-14-29)30-15-5-2-6-16-30;1-9(2)10(3,4)16-13(15-9)14-17-11(5,6)12(7,8)18-14;1-2-4-6-5-3-1/h6-26,28,41H,27H2,1-5H3;1-28H;1-8H3;1-6H/b29-23+,32-24+;;;. The Morgan fingerprint density at radius 3 is 1.33 bits per heavy atom. The second-order valence-electron chi connectivity index (χ2n) is 35.8. The van der Waals surface area contributed by atoms with Crippen molar-refractivity contribution in [2.45, 2.75) is 141 Å². The van der Waals surface area contributed by atoms with Crippen LogP contribution in [0.3, 0.4) is 0 Å². The zero-order valence-corrected chi connectivity index (χ0v) is 72.2. The van der Waals surface area contributed by atoms with Gasteiger partial charge in [-0.05, 0) is 221 Å². The number of hydrogen-bond donors (Lipinski definition) is 0. The maximum absolute atomic E-state index is 6.56. The average Bonchev–Trinajstić information content (AvgIpc) is 1.52. The molecule has 3 aliphatic heterocycles. The highest BCUT2D eigenvalue weighted by Crippen LogP contribution is 2.58. The molecule has 5 aliphatic rings. The lowest BCUT2D eigenvalue weighted by Crippen LogP contribution is -2.41. The van der Waals surface area contributed by atoms with Gasteiger partial charge in [-0.1, -0.05) is 325 Å². The number of fused-ring (bicyclic) bond motifs is 20. The summed E-state index contributed by atoms with van der Waals surface area (Å²) in [6.07, 6.45) is 5.67. The van der Waals surface area contributed by atoms with Crippen molar-refractivity contribution in [3.63, 3.8) is 0 Å². The van der Waals surface area contributed by atoms with Crippen LogP contribution in [0.15, 0.2) is 350 Å². The summed E-state index contributed by atoms with van der Waals surface area (Å²) in [6, 6.07) is 119. The first-order chi connectivity index (χ1) is 57.8. The maximum Gasteiger partial charge on any atom is 0.494 e. The van der Waals surface area contributed by atoms with Gasteiger partial charge in [-0.2, -0.15) is 0 Å². The Labute approximate surface area is 713 Å². The Balaban J connectivity index is 0.000000125. The highest BCUT2D eigenvalue weighted by Gasteiger charge is 2.64. The molecule has 17 aromatic rings. The van der Waals surface area contributed by atoms with Gasteiger partial charge >= 0.3 is 21.1 Å². The lowest BCUT2D eigenvalue weighted by molar-refractivity contribution is 0.00578. The van der Waals surface area contributed by atoms with Crippen molar-refractivity contribution in [3.05, 3.63) is 389 Å². The van der Waals surface area contributed by atoms with E-state index in [1.165, 1.54) is 143 Å². The molecule has 12 heteroatoms. The maximum atomic E-state index is 6.56. The van der Waals surface area contributed by atoms with Gasteiger partial charge in [0.2, 0.25) is 0 Å². The molecule has 2 aromatic heterocycles. The molecule has 0 bridgehead atoms. The second-order valence-corrected chi connectivity index (χ2v) is 36.7. The third-order valence-corrected chi connectivity index (χ3v) is 27.6. The molecule has 8 nitrogen and oxygen atoms in total. The van der Waals surface area contributed by atoms with Gasteiger partial charge in [0.1, 0.15) is 0 Å². The van der Waals surface area contributed by atoms with Crippen molar-refractivity contribution in [2.24, 2.45) is 0 Å². The first-order valence-corrected chi connectivity index (χ1v) is 43.0. The predicted molar refractivity (Wildman–Crippen MR) is 506 cm³/mol. The molecule has 1 atom stereocenters. The fourth-order valence-electron chi connectivity index (χ4n) is 19.1. The van der Waals surface area contributed by atoms with E-state index in [9.17, 15) is 0 Å². The Morgan fingerprint density at radius 2 is 0.783 bits per heavy atom. The number of allylic oxidation sites excluding steroid dienone is 4. The molecule has 22 rings (SSSR count). The molecule has 2 aliphatic carbocycles. The fourth-order valence-corrected chi connectivity index (χ4v) is 19.4. The summed E-state index contributed by atoms with van der Waals surface area (Å²) >= 11 is 3.82. The van der Waals surface area contributed by atoms with E-state index >= 15 is 0 Å². The van der Waals surface area contributed by atoms with Crippen molar-refractivity contribution in [1.29, 1.82) is 0 Å². The van der Waals surface area contributed by atoms with E-state index in [2.05, 4.69) is 363 Å². The van der Waals surface area contributed by atoms with E-state index in [0.717, 1.165) is 27.6 Å². The molecule has 592 valence electrons.